The van der Waals surface area contributed by atoms with Gasteiger partial charge < -0.3 is 20.5 Å². The fourth-order valence-corrected chi connectivity index (χ4v) is 4.01. The number of unbranched alkanes of at least 4 members (excludes halogenated alkanes) is 1. The smallest absolute Gasteiger partial charge is 0.337 e. The summed E-state index contributed by atoms with van der Waals surface area (Å²) in [6, 6.07) is 5.59. The van der Waals surface area contributed by atoms with Gasteiger partial charge in [0, 0.05) is 23.7 Å². The Bertz CT molecular complexity index is 868. The van der Waals surface area contributed by atoms with Gasteiger partial charge in [0.05, 0.1) is 19.8 Å². The molecule has 3 N–H and O–H groups in total. The number of hydrogen-bond acceptors (Lipinski definition) is 8. The summed E-state index contributed by atoms with van der Waals surface area (Å²) in [6.45, 7) is 4.13. The number of nitrogens with one attached hydrogen (secondary N) is 1. The van der Waals surface area contributed by atoms with Crippen molar-refractivity contribution in [3.8, 4) is 5.75 Å². The number of methoxy groups -OCH3 is 2. The van der Waals surface area contributed by atoms with E-state index in [0.29, 0.717) is 23.8 Å². The Morgan fingerprint density at radius 2 is 2.03 bits per heavy atom. The third-order valence-electron chi connectivity index (χ3n) is 5.22. The highest BCUT2D eigenvalue weighted by molar-refractivity contribution is 7.98. The highest BCUT2D eigenvalue weighted by atomic mass is 32.2. The first kappa shape index (κ1) is 24.8. The largest absolute Gasteiger partial charge is 0.496 e. The zero-order valence-electron chi connectivity index (χ0n) is 19.2. The third kappa shape index (κ3) is 7.02. The molecule has 1 atom stereocenters. The lowest BCUT2D eigenvalue weighted by atomic mass is 10.00. The molecule has 0 saturated carbocycles. The van der Waals surface area contributed by atoms with Crippen LogP contribution in [0, 0.1) is 6.92 Å². The Balaban J connectivity index is 2.41. The highest BCUT2D eigenvalue weighted by Crippen LogP contribution is 2.29. The summed E-state index contributed by atoms with van der Waals surface area (Å²) >= 11 is 1.84. The fourth-order valence-electron chi connectivity index (χ4n) is 3.49. The van der Waals surface area contributed by atoms with E-state index in [1.165, 1.54) is 7.11 Å². The molecule has 0 spiro atoms. The number of esters is 1. The predicted molar refractivity (Wildman–Crippen MR) is 128 cm³/mol. The number of carbonyl (C=O) groups is 1. The van der Waals surface area contributed by atoms with E-state index < -0.39 is 0 Å². The van der Waals surface area contributed by atoms with Crippen molar-refractivity contribution in [2.24, 2.45) is 0 Å². The first-order valence-electron chi connectivity index (χ1n) is 10.6. The molecule has 170 valence electrons. The molecule has 1 aromatic carbocycles. The number of thioether (sulfide) groups is 1. The lowest BCUT2D eigenvalue weighted by molar-refractivity contribution is 0.0600. The maximum Gasteiger partial charge on any atom is 0.337 e. The standard InChI is InChI=1S/C23H34N4O3S/c1-6-7-8-18(11-12-31-5)26-21-19(15(2)25-23(24)27-21)14-17-13-16(22(28)30-4)9-10-20(17)29-3/h9-10,13,18H,6-8,11-12,14H2,1-5H3,(H3,24,25,26,27). The second-order valence-electron chi connectivity index (χ2n) is 7.45. The Morgan fingerprint density at radius 1 is 1.26 bits per heavy atom. The van der Waals surface area contributed by atoms with Gasteiger partial charge in [0.15, 0.2) is 0 Å². The number of aromatic nitrogens is 2. The number of nitrogen functional groups attached to an aromatic ring is 1. The molecule has 7 nitrogen and oxygen atoms in total. The van der Waals surface area contributed by atoms with Gasteiger partial charge in [-0.15, -0.1) is 0 Å². The van der Waals surface area contributed by atoms with Crippen molar-refractivity contribution in [2.45, 2.75) is 52.0 Å². The van der Waals surface area contributed by atoms with Crippen molar-refractivity contribution in [1.82, 2.24) is 9.97 Å². The molecule has 31 heavy (non-hydrogen) atoms. The van der Waals surface area contributed by atoms with E-state index >= 15 is 0 Å². The van der Waals surface area contributed by atoms with Crippen LogP contribution in [0.25, 0.3) is 0 Å². The zero-order valence-corrected chi connectivity index (χ0v) is 20.0. The fraction of sp³-hybridized carbons (Fsp3) is 0.522. The summed E-state index contributed by atoms with van der Waals surface area (Å²) in [7, 11) is 2.99. The van der Waals surface area contributed by atoms with Crippen LogP contribution in [-0.4, -0.2) is 48.2 Å². The minimum Gasteiger partial charge on any atom is -0.496 e. The van der Waals surface area contributed by atoms with E-state index in [0.717, 1.165) is 54.1 Å². The molecule has 8 heteroatoms. The highest BCUT2D eigenvalue weighted by Gasteiger charge is 2.18. The zero-order chi connectivity index (χ0) is 22.8. The maximum absolute atomic E-state index is 12.0. The van der Waals surface area contributed by atoms with Crippen molar-refractivity contribution in [3.63, 3.8) is 0 Å². The van der Waals surface area contributed by atoms with E-state index in [1.807, 2.05) is 18.7 Å². The van der Waals surface area contributed by atoms with Crippen LogP contribution in [0.15, 0.2) is 18.2 Å². The Labute approximate surface area is 189 Å². The molecule has 0 amide bonds. The minimum absolute atomic E-state index is 0.248. The molecule has 2 rings (SSSR count). The monoisotopic (exact) mass is 446 g/mol. The molecular formula is C23H34N4O3S. The van der Waals surface area contributed by atoms with Crippen LogP contribution < -0.4 is 15.8 Å². The molecule has 0 fully saturated rings. The van der Waals surface area contributed by atoms with Crippen LogP contribution in [0.5, 0.6) is 5.75 Å². The van der Waals surface area contributed by atoms with E-state index in [2.05, 4.69) is 28.5 Å². The van der Waals surface area contributed by atoms with Gasteiger partial charge in [-0.3, -0.25) is 0 Å². The third-order valence-corrected chi connectivity index (χ3v) is 5.86. The summed E-state index contributed by atoms with van der Waals surface area (Å²) in [5, 5.41) is 3.63. The maximum atomic E-state index is 12.0. The van der Waals surface area contributed by atoms with Gasteiger partial charge in [-0.2, -0.15) is 16.7 Å². The van der Waals surface area contributed by atoms with Crippen molar-refractivity contribution < 1.29 is 14.3 Å². The molecule has 0 aliphatic rings. The number of rotatable bonds is 12. The molecule has 0 radical (unpaired) electrons. The molecule has 0 bridgehead atoms. The lowest BCUT2D eigenvalue weighted by Crippen LogP contribution is -2.23. The molecule has 0 aliphatic carbocycles. The number of benzene rings is 1. The van der Waals surface area contributed by atoms with Crippen molar-refractivity contribution in [1.29, 1.82) is 0 Å². The molecular weight excluding hydrogens is 412 g/mol. The van der Waals surface area contributed by atoms with E-state index in [-0.39, 0.29) is 11.9 Å². The lowest BCUT2D eigenvalue weighted by Gasteiger charge is -2.22. The van der Waals surface area contributed by atoms with Gasteiger partial charge in [0.1, 0.15) is 11.6 Å². The van der Waals surface area contributed by atoms with Gasteiger partial charge in [-0.25, -0.2) is 9.78 Å². The Kier molecular flexibility index (Phi) is 9.91. The number of carbonyl (C=O) groups excluding carboxylic acids is 1. The second-order valence-corrected chi connectivity index (χ2v) is 8.44. The first-order chi connectivity index (χ1) is 14.9. The van der Waals surface area contributed by atoms with E-state index in [4.69, 9.17) is 15.2 Å². The summed E-state index contributed by atoms with van der Waals surface area (Å²) < 4.78 is 10.4. The number of nitrogens with zero attached hydrogens (tertiary/aromatic N) is 2. The molecule has 2 aromatic rings. The second kappa shape index (κ2) is 12.4. The van der Waals surface area contributed by atoms with Gasteiger partial charge in [0.2, 0.25) is 5.95 Å². The Morgan fingerprint density at radius 3 is 2.68 bits per heavy atom. The van der Waals surface area contributed by atoms with Crippen molar-refractivity contribution in [3.05, 3.63) is 40.6 Å². The number of nitrogens with two attached hydrogens (primary N) is 1. The van der Waals surface area contributed by atoms with Gasteiger partial charge in [0.25, 0.3) is 0 Å². The van der Waals surface area contributed by atoms with Crippen LogP contribution in [0.1, 0.15) is 59.8 Å². The van der Waals surface area contributed by atoms with Crippen LogP contribution in [0.3, 0.4) is 0 Å². The quantitative estimate of drug-likeness (QED) is 0.461. The normalized spacial score (nSPS) is 11.8. The van der Waals surface area contributed by atoms with Gasteiger partial charge in [-0.05, 0) is 55.5 Å². The van der Waals surface area contributed by atoms with Crippen molar-refractivity contribution in [2.75, 3.05) is 37.3 Å². The topological polar surface area (TPSA) is 99.4 Å². The molecule has 1 unspecified atom stereocenters. The molecule has 0 saturated heterocycles. The molecule has 1 aromatic heterocycles. The summed E-state index contributed by atoms with van der Waals surface area (Å²) in [6.07, 6.45) is 7.04. The number of ether oxygens (including phenoxy) is 2. The molecule has 0 aliphatic heterocycles. The first-order valence-corrected chi connectivity index (χ1v) is 12.0. The average Bonchev–Trinajstić information content (AvgIpc) is 2.77. The number of aryl methyl sites for hydroxylation is 1. The van der Waals surface area contributed by atoms with Gasteiger partial charge >= 0.3 is 5.97 Å². The van der Waals surface area contributed by atoms with Crippen LogP contribution in [0.4, 0.5) is 11.8 Å². The number of hydrogen-bond donors (Lipinski definition) is 2. The predicted octanol–water partition coefficient (Wildman–Crippen LogP) is 4.48. The molecule has 1 heterocycles. The van der Waals surface area contributed by atoms with Gasteiger partial charge in [-0.1, -0.05) is 19.8 Å². The summed E-state index contributed by atoms with van der Waals surface area (Å²) in [4.78, 5) is 20.9. The summed E-state index contributed by atoms with van der Waals surface area (Å²) in [5.41, 5.74) is 9.07. The van der Waals surface area contributed by atoms with E-state index in [1.54, 1.807) is 25.3 Å². The van der Waals surface area contributed by atoms with E-state index in [9.17, 15) is 4.79 Å². The van der Waals surface area contributed by atoms with Crippen LogP contribution in [0.2, 0.25) is 0 Å². The Hall–Kier alpha value is -2.48. The van der Waals surface area contributed by atoms with Crippen LogP contribution >= 0.6 is 11.8 Å². The number of anilines is 2. The SMILES string of the molecule is CCCCC(CCSC)Nc1nc(N)nc(C)c1Cc1cc(C(=O)OC)ccc1OC. The van der Waals surface area contributed by atoms with Crippen molar-refractivity contribution >= 4 is 29.5 Å². The summed E-state index contributed by atoms with van der Waals surface area (Å²) in [5.74, 6) is 2.38. The minimum atomic E-state index is -0.385. The van der Waals surface area contributed by atoms with Crippen LogP contribution in [-0.2, 0) is 11.2 Å². The average molecular weight is 447 g/mol.